The average Bonchev–Trinajstić information content (AvgIpc) is 2.70. The van der Waals surface area contributed by atoms with E-state index < -0.39 is 12.6 Å². The summed E-state index contributed by atoms with van der Waals surface area (Å²) < 4.78 is 18.3. The number of hydrogen-bond acceptors (Lipinski definition) is 3. The predicted octanol–water partition coefficient (Wildman–Crippen LogP) is 6.04. The highest BCUT2D eigenvalue weighted by molar-refractivity contribution is 6.36. The van der Waals surface area contributed by atoms with Gasteiger partial charge in [-0.15, -0.1) is 0 Å². The second kappa shape index (κ2) is 9.37. The summed E-state index contributed by atoms with van der Waals surface area (Å²) in [4.78, 5) is 10.7. The van der Waals surface area contributed by atoms with Crippen LogP contribution in [0.15, 0.2) is 54.6 Å². The molecule has 2 N–H and O–H groups in total. The molecule has 0 aliphatic rings. The molecule has 0 bridgehead atoms. The number of aliphatic carboxylic acids is 1. The van der Waals surface area contributed by atoms with E-state index >= 15 is 0 Å². The number of rotatable bonds is 7. The summed E-state index contributed by atoms with van der Waals surface area (Å²) >= 11 is 12.7. The van der Waals surface area contributed by atoms with E-state index in [4.69, 9.17) is 33.0 Å². The molecule has 0 saturated carbocycles. The van der Waals surface area contributed by atoms with Crippen LogP contribution < -0.4 is 4.74 Å². The third-order valence-electron chi connectivity index (χ3n) is 4.79. The van der Waals surface area contributed by atoms with E-state index in [-0.39, 0.29) is 23.2 Å². The summed E-state index contributed by atoms with van der Waals surface area (Å²) in [5, 5.41) is 19.8. The number of phenols is 1. The summed E-state index contributed by atoms with van der Waals surface area (Å²) in [5.74, 6) is -1.15. The van der Waals surface area contributed by atoms with Crippen LogP contribution in [0.1, 0.15) is 35.1 Å². The number of aromatic hydroxyl groups is 1. The molecular formula is C23H19Cl2FO4. The van der Waals surface area contributed by atoms with E-state index in [1.807, 2.05) is 13.0 Å². The quantitative estimate of drug-likeness (QED) is 0.461. The van der Waals surface area contributed by atoms with Crippen molar-refractivity contribution in [2.24, 2.45) is 0 Å². The average molecular weight is 449 g/mol. The first-order valence-electron chi connectivity index (χ1n) is 9.14. The van der Waals surface area contributed by atoms with Gasteiger partial charge in [0, 0.05) is 27.9 Å². The molecular weight excluding hydrogens is 430 g/mol. The molecule has 0 saturated heterocycles. The smallest absolute Gasteiger partial charge is 0.341 e. The zero-order chi connectivity index (χ0) is 21.8. The number of carbonyl (C=O) groups is 1. The summed E-state index contributed by atoms with van der Waals surface area (Å²) in [6.45, 7) is 1.44. The Morgan fingerprint density at radius 3 is 2.30 bits per heavy atom. The zero-order valence-electron chi connectivity index (χ0n) is 16.0. The van der Waals surface area contributed by atoms with Gasteiger partial charge in [0.25, 0.3) is 0 Å². The molecule has 0 aliphatic carbocycles. The molecule has 0 amide bonds. The topological polar surface area (TPSA) is 66.8 Å². The molecule has 0 unspecified atom stereocenters. The maximum absolute atomic E-state index is 13.2. The fraction of sp³-hybridized carbons (Fsp3) is 0.174. The molecule has 0 aromatic heterocycles. The van der Waals surface area contributed by atoms with E-state index in [9.17, 15) is 14.3 Å². The molecule has 3 aromatic carbocycles. The van der Waals surface area contributed by atoms with Crippen molar-refractivity contribution in [3.05, 3.63) is 92.7 Å². The highest BCUT2D eigenvalue weighted by atomic mass is 35.5. The molecule has 0 spiro atoms. The molecule has 4 nitrogen and oxygen atoms in total. The fourth-order valence-electron chi connectivity index (χ4n) is 3.17. The van der Waals surface area contributed by atoms with Crippen molar-refractivity contribution >= 4 is 29.2 Å². The van der Waals surface area contributed by atoms with E-state index in [1.165, 1.54) is 24.3 Å². The van der Waals surface area contributed by atoms with Crippen LogP contribution in [0.4, 0.5) is 4.39 Å². The van der Waals surface area contributed by atoms with Crippen molar-refractivity contribution in [2.45, 2.75) is 19.3 Å². The van der Waals surface area contributed by atoms with Gasteiger partial charge in [-0.2, -0.15) is 0 Å². The zero-order valence-corrected chi connectivity index (χ0v) is 17.5. The van der Waals surface area contributed by atoms with Crippen molar-refractivity contribution in [2.75, 3.05) is 6.61 Å². The van der Waals surface area contributed by atoms with Gasteiger partial charge in [-0.3, -0.25) is 0 Å². The lowest BCUT2D eigenvalue weighted by Crippen LogP contribution is -2.09. The maximum Gasteiger partial charge on any atom is 0.341 e. The number of halogens is 3. The lowest BCUT2D eigenvalue weighted by atomic mass is 9.90. The molecule has 7 heteroatoms. The Labute approximate surface area is 183 Å². The molecule has 0 heterocycles. The molecule has 0 radical (unpaired) electrons. The Balaban J connectivity index is 1.86. The molecule has 30 heavy (non-hydrogen) atoms. The lowest BCUT2D eigenvalue weighted by Gasteiger charge is -2.16. The third kappa shape index (κ3) is 5.23. The highest BCUT2D eigenvalue weighted by Gasteiger charge is 2.16. The summed E-state index contributed by atoms with van der Waals surface area (Å²) in [6, 6.07) is 14.5. The number of carboxylic acids is 1. The van der Waals surface area contributed by atoms with Gasteiger partial charge in [-0.05, 0) is 47.0 Å². The Bertz CT molecular complexity index is 1040. The van der Waals surface area contributed by atoms with Crippen LogP contribution in [0.5, 0.6) is 11.5 Å². The molecule has 3 aromatic rings. The van der Waals surface area contributed by atoms with E-state index in [2.05, 4.69) is 0 Å². The first-order valence-corrected chi connectivity index (χ1v) is 9.90. The minimum atomic E-state index is -1.10. The van der Waals surface area contributed by atoms with Crippen molar-refractivity contribution < 1.29 is 24.1 Å². The third-order valence-corrected chi connectivity index (χ3v) is 5.46. The molecule has 156 valence electrons. The van der Waals surface area contributed by atoms with Gasteiger partial charge in [0.05, 0.1) is 0 Å². The van der Waals surface area contributed by atoms with Gasteiger partial charge in [0.15, 0.2) is 6.61 Å². The van der Waals surface area contributed by atoms with Crippen LogP contribution in [0, 0.1) is 5.82 Å². The summed E-state index contributed by atoms with van der Waals surface area (Å²) in [7, 11) is 0. The molecule has 0 fully saturated rings. The Kier molecular flexibility index (Phi) is 6.85. The largest absolute Gasteiger partial charge is 0.508 e. The van der Waals surface area contributed by atoms with Crippen LogP contribution in [0.3, 0.4) is 0 Å². The van der Waals surface area contributed by atoms with Gasteiger partial charge < -0.3 is 14.9 Å². The maximum atomic E-state index is 13.2. The van der Waals surface area contributed by atoms with Crippen LogP contribution in [-0.2, 0) is 11.2 Å². The number of ether oxygens (including phenoxy) is 1. The van der Waals surface area contributed by atoms with Crippen molar-refractivity contribution in [3.63, 3.8) is 0 Å². The van der Waals surface area contributed by atoms with Crippen molar-refractivity contribution in [1.29, 1.82) is 0 Å². The van der Waals surface area contributed by atoms with Crippen LogP contribution in [-0.4, -0.2) is 22.8 Å². The van der Waals surface area contributed by atoms with Gasteiger partial charge in [0.1, 0.15) is 17.3 Å². The van der Waals surface area contributed by atoms with Crippen molar-refractivity contribution in [1.82, 2.24) is 0 Å². The highest BCUT2D eigenvalue weighted by Crippen LogP contribution is 2.35. The molecule has 1 atom stereocenters. The first kappa shape index (κ1) is 21.9. The van der Waals surface area contributed by atoms with Gasteiger partial charge >= 0.3 is 5.97 Å². The normalized spacial score (nSPS) is 11.9. The van der Waals surface area contributed by atoms with Gasteiger partial charge in [-0.25, -0.2) is 9.18 Å². The molecule has 3 rings (SSSR count). The van der Waals surface area contributed by atoms with Gasteiger partial charge in [0.2, 0.25) is 0 Å². The SMILES string of the molecule is C[C@H](c1ccc(F)cc1)c1cc(Cc2c(Cl)cc(OCC(=O)O)cc2Cl)ccc1O. The Morgan fingerprint density at radius 1 is 1.07 bits per heavy atom. The van der Waals surface area contributed by atoms with Crippen LogP contribution in [0.2, 0.25) is 10.0 Å². The fourth-order valence-corrected chi connectivity index (χ4v) is 3.77. The van der Waals surface area contributed by atoms with E-state index in [0.717, 1.165) is 11.1 Å². The number of benzene rings is 3. The second-order valence-electron chi connectivity index (χ2n) is 6.89. The lowest BCUT2D eigenvalue weighted by molar-refractivity contribution is -0.139. The minimum Gasteiger partial charge on any atom is -0.508 e. The minimum absolute atomic E-state index is 0.144. The van der Waals surface area contributed by atoms with E-state index in [1.54, 1.807) is 24.3 Å². The number of hydrogen-bond donors (Lipinski definition) is 2. The molecule has 0 aliphatic heterocycles. The van der Waals surface area contributed by atoms with E-state index in [0.29, 0.717) is 27.6 Å². The number of phenolic OH excluding ortho intramolecular Hbond substituents is 1. The predicted molar refractivity (Wildman–Crippen MR) is 114 cm³/mol. The second-order valence-corrected chi connectivity index (χ2v) is 7.71. The van der Waals surface area contributed by atoms with Crippen LogP contribution in [0.25, 0.3) is 0 Å². The van der Waals surface area contributed by atoms with Crippen molar-refractivity contribution in [3.8, 4) is 11.5 Å². The number of carboxylic acid groups (broad SMARTS) is 1. The van der Waals surface area contributed by atoms with Crippen LogP contribution >= 0.6 is 23.2 Å². The van der Waals surface area contributed by atoms with Gasteiger partial charge in [-0.1, -0.05) is 54.4 Å². The summed E-state index contributed by atoms with van der Waals surface area (Å²) in [6.07, 6.45) is 0.403. The first-order chi connectivity index (χ1) is 14.2. The monoisotopic (exact) mass is 448 g/mol. The Morgan fingerprint density at radius 2 is 1.70 bits per heavy atom. The standard InChI is InChI=1S/C23H19Cl2FO4/c1-13(15-3-5-16(26)6-4-15)18-8-14(2-7-22(18)27)9-19-20(24)10-17(11-21(19)25)30-12-23(28)29/h2-8,10-11,13,27H,9,12H2,1H3,(H,28,29)/t13-/m1/s1. The Hall–Kier alpha value is -2.76. The summed E-state index contributed by atoms with van der Waals surface area (Å²) in [5.41, 5.74) is 3.11.